The summed E-state index contributed by atoms with van der Waals surface area (Å²) in [6.07, 6.45) is 3.73. The molecule has 3 rings (SSSR count). The monoisotopic (exact) mass is 609 g/mol. The topological polar surface area (TPSA) is 162 Å². The van der Waals surface area contributed by atoms with E-state index >= 15 is 0 Å². The predicted molar refractivity (Wildman–Crippen MR) is 156 cm³/mol. The van der Waals surface area contributed by atoms with Crippen LogP contribution in [-0.4, -0.2) is 103 Å². The first-order valence-electron chi connectivity index (χ1n) is 14.5. The van der Waals surface area contributed by atoms with Gasteiger partial charge in [0.05, 0.1) is 24.4 Å². The van der Waals surface area contributed by atoms with Crippen molar-refractivity contribution >= 4 is 11.9 Å². The molecule has 1 amide bonds. The molecule has 0 saturated carbocycles. The molecule has 4 N–H and O–H groups in total. The van der Waals surface area contributed by atoms with Crippen molar-refractivity contribution in [1.29, 1.82) is 0 Å². The van der Waals surface area contributed by atoms with Crippen LogP contribution < -0.4 is 5.32 Å². The second-order valence-corrected chi connectivity index (χ2v) is 11.9. The van der Waals surface area contributed by atoms with E-state index in [1.807, 2.05) is 27.7 Å². The van der Waals surface area contributed by atoms with Crippen LogP contribution in [0.15, 0.2) is 48.6 Å². The third-order valence-electron chi connectivity index (χ3n) is 8.67. The molecule has 12 nitrogen and oxygen atoms in total. The number of hydrogen-bond acceptors (Lipinski definition) is 10. The number of aliphatic hydroxyl groups excluding tert-OH is 2. The lowest BCUT2D eigenvalue weighted by Gasteiger charge is -2.54. The molecule has 0 bridgehead atoms. The Hall–Kier alpha value is -2.42. The highest BCUT2D eigenvalue weighted by atomic mass is 16.7. The summed E-state index contributed by atoms with van der Waals surface area (Å²) < 4.78 is 35.6. The highest BCUT2D eigenvalue weighted by molar-refractivity contribution is 5.82. The van der Waals surface area contributed by atoms with Crippen molar-refractivity contribution in [2.45, 2.75) is 102 Å². The maximum absolute atomic E-state index is 13.4. The van der Waals surface area contributed by atoms with Gasteiger partial charge in [-0.3, -0.25) is 4.79 Å². The lowest BCUT2D eigenvalue weighted by atomic mass is 9.72. The van der Waals surface area contributed by atoms with Crippen LogP contribution in [0, 0.1) is 11.3 Å². The van der Waals surface area contributed by atoms with E-state index in [4.69, 9.17) is 33.5 Å². The first-order valence-corrected chi connectivity index (χ1v) is 14.5. The largest absolute Gasteiger partial charge is 0.478 e. The Balaban J connectivity index is 1.71. The summed E-state index contributed by atoms with van der Waals surface area (Å²) in [5, 5.41) is 33.3. The number of rotatable bonds is 12. The fourth-order valence-corrected chi connectivity index (χ4v) is 5.86. The minimum absolute atomic E-state index is 0.0308. The molecule has 0 aromatic heterocycles. The molecule has 0 aromatic carbocycles. The summed E-state index contributed by atoms with van der Waals surface area (Å²) in [5.74, 6) is -3.37. The number of hydrogen-bond donors (Lipinski definition) is 4. The standard InChI is InChI=1S/C31H47NO11/c1-18-16-31(39-7,43-20(3)19(18)2)26(36)28(37)32-29-25-24(40-17-41-29)27(38-6)30(4,5)22(42-25)15-21(33)13-11-9-8-10-12-14-23(34)35/h8-12,14,19-22,24-27,29,33,36H,1,13,15-17H2,2-7H3,(H,32,37)(H,34,35)/b10-8+,11-9+,14-12+/t19-,20-,21-,22-,24+,25+,26-,27-,29+,31-/m1/s1. The van der Waals surface area contributed by atoms with Gasteiger partial charge in [-0.25, -0.2) is 4.79 Å². The van der Waals surface area contributed by atoms with Gasteiger partial charge in [0.25, 0.3) is 5.91 Å². The molecule has 0 spiro atoms. The minimum Gasteiger partial charge on any atom is -0.478 e. The molecule has 242 valence electrons. The maximum Gasteiger partial charge on any atom is 0.328 e. The molecule has 10 atom stereocenters. The molecule has 0 aliphatic carbocycles. The van der Waals surface area contributed by atoms with Crippen molar-refractivity contribution in [2.75, 3.05) is 21.0 Å². The molecule has 3 saturated heterocycles. The molecular weight excluding hydrogens is 562 g/mol. The molecule has 3 fully saturated rings. The number of allylic oxidation sites excluding steroid dienone is 4. The Labute approximate surface area is 253 Å². The second-order valence-electron chi connectivity index (χ2n) is 11.9. The molecule has 3 aliphatic rings. The SMILES string of the molecule is C=C1C[C@](OC)([C@H](O)C(=O)N[C@H]2OCO[C@H]3[C@@H]2O[C@H](C[C@H](O)C/C=C/C=C/C=C/C(=O)O)C(C)(C)[C@@H]3OC)O[C@H](C)[C@@H]1C. The number of ether oxygens (including phenoxy) is 6. The molecule has 43 heavy (non-hydrogen) atoms. The number of aliphatic carboxylic acids is 1. The van der Waals surface area contributed by atoms with Crippen LogP contribution in [0.2, 0.25) is 0 Å². The normalized spacial score (nSPS) is 36.1. The Kier molecular flexibility index (Phi) is 12.3. The van der Waals surface area contributed by atoms with Crippen LogP contribution >= 0.6 is 0 Å². The van der Waals surface area contributed by atoms with Crippen molar-refractivity contribution in [3.63, 3.8) is 0 Å². The molecule has 12 heteroatoms. The second kappa shape index (κ2) is 15.0. The number of carboxylic acid groups (broad SMARTS) is 1. The Morgan fingerprint density at radius 3 is 2.44 bits per heavy atom. The highest BCUT2D eigenvalue weighted by Crippen LogP contribution is 2.44. The lowest BCUT2D eigenvalue weighted by Crippen LogP contribution is -2.69. The number of carbonyl (C=O) groups is 2. The Morgan fingerprint density at radius 2 is 1.81 bits per heavy atom. The number of carboxylic acids is 1. The fraction of sp³-hybridized carbons (Fsp3) is 0.677. The summed E-state index contributed by atoms with van der Waals surface area (Å²) >= 11 is 0. The molecular formula is C31H47NO11. The van der Waals surface area contributed by atoms with Crippen molar-refractivity contribution in [2.24, 2.45) is 11.3 Å². The smallest absolute Gasteiger partial charge is 0.328 e. The van der Waals surface area contributed by atoms with Gasteiger partial charge in [-0.05, 0) is 13.3 Å². The summed E-state index contributed by atoms with van der Waals surface area (Å²) in [6, 6.07) is 0. The highest BCUT2D eigenvalue weighted by Gasteiger charge is 2.57. The van der Waals surface area contributed by atoms with Gasteiger partial charge in [0.15, 0.2) is 12.3 Å². The zero-order valence-corrected chi connectivity index (χ0v) is 25.8. The zero-order chi connectivity index (χ0) is 31.9. The number of amides is 1. The van der Waals surface area contributed by atoms with Crippen molar-refractivity contribution in [3.05, 3.63) is 48.6 Å². The van der Waals surface area contributed by atoms with E-state index in [1.165, 1.54) is 13.2 Å². The van der Waals surface area contributed by atoms with Gasteiger partial charge in [0.2, 0.25) is 5.79 Å². The third kappa shape index (κ3) is 8.20. The third-order valence-corrected chi connectivity index (χ3v) is 8.67. The summed E-state index contributed by atoms with van der Waals surface area (Å²) in [6.45, 7) is 11.7. The quantitative estimate of drug-likeness (QED) is 0.146. The van der Waals surface area contributed by atoms with Gasteiger partial charge in [0, 0.05) is 44.5 Å². The van der Waals surface area contributed by atoms with Gasteiger partial charge in [-0.2, -0.15) is 0 Å². The van der Waals surface area contributed by atoms with E-state index in [1.54, 1.807) is 31.4 Å². The fourth-order valence-electron chi connectivity index (χ4n) is 5.86. The summed E-state index contributed by atoms with van der Waals surface area (Å²) in [4.78, 5) is 23.9. The van der Waals surface area contributed by atoms with Crippen LogP contribution in [0.1, 0.15) is 47.0 Å². The van der Waals surface area contributed by atoms with Gasteiger partial charge in [0.1, 0.15) is 19.0 Å². The minimum atomic E-state index is -1.69. The first kappa shape index (κ1) is 35.1. The zero-order valence-electron chi connectivity index (χ0n) is 25.8. The van der Waals surface area contributed by atoms with Gasteiger partial charge in [-0.1, -0.05) is 63.3 Å². The Bertz CT molecular complexity index is 1070. The van der Waals surface area contributed by atoms with Crippen LogP contribution in [0.25, 0.3) is 0 Å². The first-order chi connectivity index (χ1) is 20.3. The average Bonchev–Trinajstić information content (AvgIpc) is 2.95. The maximum atomic E-state index is 13.4. The van der Waals surface area contributed by atoms with E-state index in [0.717, 1.165) is 11.6 Å². The number of methoxy groups -OCH3 is 2. The summed E-state index contributed by atoms with van der Waals surface area (Å²) in [5.41, 5.74) is 0.217. The Morgan fingerprint density at radius 1 is 1.12 bits per heavy atom. The van der Waals surface area contributed by atoms with Crippen LogP contribution in [0.4, 0.5) is 0 Å². The summed E-state index contributed by atoms with van der Waals surface area (Å²) in [7, 11) is 2.95. The molecule has 0 aromatic rings. The number of aliphatic hydroxyl groups is 2. The van der Waals surface area contributed by atoms with Crippen molar-refractivity contribution < 1.29 is 53.3 Å². The molecule has 0 radical (unpaired) electrons. The number of nitrogens with one attached hydrogen (secondary N) is 1. The molecule has 3 heterocycles. The van der Waals surface area contributed by atoms with Crippen LogP contribution in [-0.2, 0) is 38.0 Å². The van der Waals surface area contributed by atoms with Crippen molar-refractivity contribution in [3.8, 4) is 0 Å². The van der Waals surface area contributed by atoms with Gasteiger partial charge < -0.3 is 49.1 Å². The van der Waals surface area contributed by atoms with E-state index in [2.05, 4.69) is 11.9 Å². The van der Waals surface area contributed by atoms with E-state index in [0.29, 0.717) is 6.42 Å². The van der Waals surface area contributed by atoms with Crippen molar-refractivity contribution in [1.82, 2.24) is 5.32 Å². The number of fused-ring (bicyclic) bond motifs is 1. The van der Waals surface area contributed by atoms with Gasteiger partial charge in [-0.15, -0.1) is 0 Å². The molecule has 3 aliphatic heterocycles. The van der Waals surface area contributed by atoms with Crippen LogP contribution in [0.3, 0.4) is 0 Å². The molecule has 0 unspecified atom stereocenters. The number of carbonyl (C=O) groups excluding carboxylic acids is 1. The van der Waals surface area contributed by atoms with Crippen LogP contribution in [0.5, 0.6) is 0 Å². The average molecular weight is 610 g/mol. The van der Waals surface area contributed by atoms with E-state index in [-0.39, 0.29) is 31.7 Å². The van der Waals surface area contributed by atoms with E-state index < -0.39 is 65.9 Å². The van der Waals surface area contributed by atoms with Gasteiger partial charge >= 0.3 is 5.97 Å². The predicted octanol–water partition coefficient (Wildman–Crippen LogP) is 2.21. The lowest BCUT2D eigenvalue weighted by molar-refractivity contribution is -0.332. The van der Waals surface area contributed by atoms with E-state index in [9.17, 15) is 19.8 Å².